The quantitative estimate of drug-likeness (QED) is 0.807. The molecule has 0 saturated heterocycles. The van der Waals surface area contributed by atoms with Gasteiger partial charge < -0.3 is 10.0 Å². The number of hydrogen-bond acceptors (Lipinski definition) is 2. The fraction of sp³-hybridized carbons (Fsp3) is 0.533. The molecular weight excluding hydrogens is 226 g/mol. The molecule has 0 aliphatic carbocycles. The minimum Gasteiger partial charge on any atom is -0.478 e. The second kappa shape index (κ2) is 7.17. The lowest BCUT2D eigenvalue weighted by Gasteiger charge is -2.18. The Morgan fingerprint density at radius 3 is 2.56 bits per heavy atom. The zero-order valence-corrected chi connectivity index (χ0v) is 11.5. The fourth-order valence-electron chi connectivity index (χ4n) is 1.85. The van der Waals surface area contributed by atoms with Crippen molar-refractivity contribution in [2.75, 3.05) is 20.1 Å². The summed E-state index contributed by atoms with van der Waals surface area (Å²) >= 11 is 0. The Bertz CT molecular complexity index is 388. The third kappa shape index (κ3) is 4.88. The zero-order valence-electron chi connectivity index (χ0n) is 11.5. The first-order valence-electron chi connectivity index (χ1n) is 6.50. The van der Waals surface area contributed by atoms with Crippen LogP contribution < -0.4 is 0 Å². The maximum atomic E-state index is 11.1. The van der Waals surface area contributed by atoms with E-state index in [0.29, 0.717) is 11.5 Å². The summed E-state index contributed by atoms with van der Waals surface area (Å²) in [6, 6.07) is 7.25. The highest BCUT2D eigenvalue weighted by Gasteiger charge is 2.09. The van der Waals surface area contributed by atoms with Crippen LogP contribution >= 0.6 is 0 Å². The Morgan fingerprint density at radius 1 is 1.28 bits per heavy atom. The lowest BCUT2D eigenvalue weighted by atomic mass is 10.0. The molecule has 0 heterocycles. The first-order chi connectivity index (χ1) is 8.50. The molecule has 0 spiro atoms. The van der Waals surface area contributed by atoms with Gasteiger partial charge in [-0.25, -0.2) is 4.79 Å². The number of aromatic carboxylic acids is 1. The maximum absolute atomic E-state index is 11.1. The molecule has 3 nitrogen and oxygen atoms in total. The summed E-state index contributed by atoms with van der Waals surface area (Å²) in [4.78, 5) is 13.3. The van der Waals surface area contributed by atoms with Crippen LogP contribution in [0, 0.1) is 5.92 Å². The van der Waals surface area contributed by atoms with Gasteiger partial charge in [0.25, 0.3) is 0 Å². The molecule has 100 valence electrons. The molecule has 0 atom stereocenters. The molecule has 0 aliphatic rings. The van der Waals surface area contributed by atoms with Crippen molar-refractivity contribution in [2.45, 2.75) is 26.7 Å². The number of rotatable bonds is 7. The van der Waals surface area contributed by atoms with Gasteiger partial charge in [0, 0.05) is 6.54 Å². The van der Waals surface area contributed by atoms with E-state index in [0.717, 1.165) is 25.1 Å². The van der Waals surface area contributed by atoms with E-state index in [2.05, 4.69) is 25.8 Å². The van der Waals surface area contributed by atoms with Crippen LogP contribution in [0.15, 0.2) is 24.3 Å². The number of nitrogens with zero attached hydrogens (tertiary/aromatic N) is 1. The molecule has 0 radical (unpaired) electrons. The molecule has 0 fully saturated rings. The van der Waals surface area contributed by atoms with Crippen molar-refractivity contribution in [2.24, 2.45) is 5.92 Å². The summed E-state index contributed by atoms with van der Waals surface area (Å²) in [5.74, 6) is -0.130. The van der Waals surface area contributed by atoms with Gasteiger partial charge in [0.05, 0.1) is 5.56 Å². The van der Waals surface area contributed by atoms with Gasteiger partial charge in [-0.15, -0.1) is 0 Å². The molecule has 3 heteroatoms. The Morgan fingerprint density at radius 2 is 1.94 bits per heavy atom. The molecular formula is C15H23NO2. The fourth-order valence-corrected chi connectivity index (χ4v) is 1.85. The van der Waals surface area contributed by atoms with E-state index in [1.165, 1.54) is 6.42 Å². The van der Waals surface area contributed by atoms with Crippen molar-refractivity contribution in [3.63, 3.8) is 0 Å². The topological polar surface area (TPSA) is 40.5 Å². The molecule has 0 aromatic heterocycles. The number of carbonyl (C=O) groups is 1. The minimum absolute atomic E-state index is 0.426. The number of carboxylic acids is 1. The van der Waals surface area contributed by atoms with Gasteiger partial charge in [-0.1, -0.05) is 32.0 Å². The average Bonchev–Trinajstić information content (AvgIpc) is 2.34. The van der Waals surface area contributed by atoms with Crippen LogP contribution in [-0.4, -0.2) is 36.1 Å². The van der Waals surface area contributed by atoms with Gasteiger partial charge >= 0.3 is 5.97 Å². The Balaban J connectivity index is 2.50. The molecule has 18 heavy (non-hydrogen) atoms. The lowest BCUT2D eigenvalue weighted by molar-refractivity contribution is 0.0695. The summed E-state index contributed by atoms with van der Waals surface area (Å²) in [7, 11) is 2.09. The molecule has 1 aromatic carbocycles. The van der Waals surface area contributed by atoms with E-state index in [9.17, 15) is 4.79 Å². The largest absolute Gasteiger partial charge is 0.478 e. The average molecular weight is 249 g/mol. The molecule has 0 bridgehead atoms. The molecule has 1 N–H and O–H groups in total. The first kappa shape index (κ1) is 14.7. The summed E-state index contributed by atoms with van der Waals surface area (Å²) in [5, 5.41) is 9.09. The van der Waals surface area contributed by atoms with Gasteiger partial charge in [0.15, 0.2) is 0 Å². The van der Waals surface area contributed by atoms with Crippen molar-refractivity contribution < 1.29 is 9.90 Å². The van der Waals surface area contributed by atoms with Crippen LogP contribution in [0.1, 0.15) is 36.2 Å². The Kier molecular flexibility index (Phi) is 5.86. The summed E-state index contributed by atoms with van der Waals surface area (Å²) in [5.41, 5.74) is 1.34. The van der Waals surface area contributed by atoms with E-state index in [1.54, 1.807) is 12.1 Å². The van der Waals surface area contributed by atoms with Gasteiger partial charge in [-0.2, -0.15) is 0 Å². The predicted molar refractivity (Wildman–Crippen MR) is 74.1 cm³/mol. The lowest BCUT2D eigenvalue weighted by Crippen LogP contribution is -2.24. The summed E-state index contributed by atoms with van der Waals surface area (Å²) < 4.78 is 0. The molecule has 0 aliphatic heterocycles. The summed E-state index contributed by atoms with van der Waals surface area (Å²) in [6.45, 7) is 6.39. The van der Waals surface area contributed by atoms with Crippen molar-refractivity contribution in [3.8, 4) is 0 Å². The van der Waals surface area contributed by atoms with E-state index in [4.69, 9.17) is 5.11 Å². The van der Waals surface area contributed by atoms with E-state index in [1.807, 2.05) is 12.1 Å². The molecule has 0 unspecified atom stereocenters. The summed E-state index contributed by atoms with van der Waals surface area (Å²) in [6.07, 6.45) is 1.97. The standard InChI is InChI=1S/C15H23NO2/c1-12(2)8-10-16(3)11-9-13-6-4-5-7-14(13)15(17)18/h4-7,12H,8-11H2,1-3H3,(H,17,18). The highest BCUT2D eigenvalue weighted by molar-refractivity contribution is 5.89. The van der Waals surface area contributed by atoms with Crippen LogP contribution in [0.25, 0.3) is 0 Å². The smallest absolute Gasteiger partial charge is 0.335 e. The predicted octanol–water partition coefficient (Wildman–Crippen LogP) is 2.91. The normalized spacial score (nSPS) is 11.2. The van der Waals surface area contributed by atoms with E-state index < -0.39 is 5.97 Å². The molecule has 0 amide bonds. The number of carboxylic acid groups (broad SMARTS) is 1. The van der Waals surface area contributed by atoms with Crippen LogP contribution in [0.3, 0.4) is 0 Å². The van der Waals surface area contributed by atoms with Crippen molar-refractivity contribution in [1.82, 2.24) is 4.90 Å². The second-order valence-corrected chi connectivity index (χ2v) is 5.20. The highest BCUT2D eigenvalue weighted by atomic mass is 16.4. The number of benzene rings is 1. The van der Waals surface area contributed by atoms with Gasteiger partial charge in [0.1, 0.15) is 0 Å². The third-order valence-electron chi connectivity index (χ3n) is 3.10. The Hall–Kier alpha value is -1.35. The van der Waals surface area contributed by atoms with Gasteiger partial charge in [-0.3, -0.25) is 0 Å². The highest BCUT2D eigenvalue weighted by Crippen LogP contribution is 2.10. The van der Waals surface area contributed by atoms with Crippen molar-refractivity contribution >= 4 is 5.97 Å². The molecule has 1 rings (SSSR count). The maximum Gasteiger partial charge on any atom is 0.335 e. The minimum atomic E-state index is -0.838. The number of likely N-dealkylation sites (N-methyl/N-ethyl adjacent to an activating group) is 1. The van der Waals surface area contributed by atoms with Crippen LogP contribution in [0.2, 0.25) is 0 Å². The first-order valence-corrected chi connectivity index (χ1v) is 6.50. The second-order valence-electron chi connectivity index (χ2n) is 5.20. The third-order valence-corrected chi connectivity index (χ3v) is 3.10. The van der Waals surface area contributed by atoms with E-state index in [-0.39, 0.29) is 0 Å². The molecule has 1 aromatic rings. The van der Waals surface area contributed by atoms with Crippen LogP contribution in [0.4, 0.5) is 0 Å². The Labute approximate surface area is 109 Å². The van der Waals surface area contributed by atoms with Crippen molar-refractivity contribution in [1.29, 1.82) is 0 Å². The van der Waals surface area contributed by atoms with Crippen molar-refractivity contribution in [3.05, 3.63) is 35.4 Å². The van der Waals surface area contributed by atoms with E-state index >= 15 is 0 Å². The van der Waals surface area contributed by atoms with Gasteiger partial charge in [0.2, 0.25) is 0 Å². The zero-order chi connectivity index (χ0) is 13.5. The van der Waals surface area contributed by atoms with Crippen LogP contribution in [0.5, 0.6) is 0 Å². The monoisotopic (exact) mass is 249 g/mol. The molecule has 0 saturated carbocycles. The SMILES string of the molecule is CC(C)CCN(C)CCc1ccccc1C(=O)O. The van der Waals surface area contributed by atoms with Gasteiger partial charge in [-0.05, 0) is 44.0 Å². The number of hydrogen-bond donors (Lipinski definition) is 1. The van der Waals surface area contributed by atoms with Crippen LogP contribution in [-0.2, 0) is 6.42 Å².